The maximum Gasteiger partial charge on any atom is 0.263 e. The summed E-state index contributed by atoms with van der Waals surface area (Å²) in [5.74, 6) is 1.03. The van der Waals surface area contributed by atoms with Crippen molar-refractivity contribution >= 4 is 11.7 Å². The first-order chi connectivity index (χ1) is 8.52. The summed E-state index contributed by atoms with van der Waals surface area (Å²) in [6, 6.07) is 3.49. The Bertz CT molecular complexity index is 483. The van der Waals surface area contributed by atoms with Crippen LogP contribution in [0.15, 0.2) is 22.4 Å². The van der Waals surface area contributed by atoms with Gasteiger partial charge in [0.05, 0.1) is 0 Å². The lowest BCUT2D eigenvalue weighted by Crippen LogP contribution is -2.28. The topological polar surface area (TPSA) is 91.0 Å². The highest BCUT2D eigenvalue weighted by Gasteiger charge is 2.09. The van der Waals surface area contributed by atoms with E-state index in [9.17, 15) is 4.79 Å². The van der Waals surface area contributed by atoms with Gasteiger partial charge in [-0.2, -0.15) is 5.26 Å². The highest BCUT2D eigenvalue weighted by molar-refractivity contribution is 5.97. The normalized spacial score (nSPS) is 11.2. The van der Waals surface area contributed by atoms with Gasteiger partial charge in [0, 0.05) is 18.8 Å². The summed E-state index contributed by atoms with van der Waals surface area (Å²) >= 11 is 0. The predicted molar refractivity (Wildman–Crippen MR) is 66.4 cm³/mol. The van der Waals surface area contributed by atoms with Crippen molar-refractivity contribution < 1.29 is 9.32 Å². The highest BCUT2D eigenvalue weighted by Crippen LogP contribution is 2.07. The Balaban J connectivity index is 2.60. The first-order valence-electron chi connectivity index (χ1n) is 5.61. The first-order valence-corrected chi connectivity index (χ1v) is 5.61. The second kappa shape index (κ2) is 6.45. The minimum absolute atomic E-state index is 0.00342. The monoisotopic (exact) mass is 248 g/mol. The number of anilines is 1. The van der Waals surface area contributed by atoms with Crippen molar-refractivity contribution in [2.24, 2.45) is 5.92 Å². The van der Waals surface area contributed by atoms with Crippen LogP contribution in [0.4, 0.5) is 5.82 Å². The number of nitriles is 1. The maximum absolute atomic E-state index is 11.6. The molecule has 0 fully saturated rings. The third-order valence-corrected chi connectivity index (χ3v) is 2.03. The molecule has 0 aliphatic heterocycles. The van der Waals surface area contributed by atoms with Crippen LogP contribution in [0.25, 0.3) is 0 Å². The van der Waals surface area contributed by atoms with Crippen molar-refractivity contribution in [1.82, 2.24) is 10.5 Å². The molecule has 1 aromatic heterocycles. The van der Waals surface area contributed by atoms with Crippen molar-refractivity contribution in [1.29, 1.82) is 5.26 Å². The van der Waals surface area contributed by atoms with E-state index >= 15 is 0 Å². The van der Waals surface area contributed by atoms with Crippen LogP contribution in [0, 0.1) is 24.2 Å². The quantitative estimate of drug-likeness (QED) is 0.609. The smallest absolute Gasteiger partial charge is 0.263 e. The third kappa shape index (κ3) is 4.29. The van der Waals surface area contributed by atoms with Gasteiger partial charge in [-0.25, -0.2) is 0 Å². The van der Waals surface area contributed by atoms with E-state index in [4.69, 9.17) is 9.78 Å². The number of hydrogen-bond acceptors (Lipinski definition) is 5. The zero-order chi connectivity index (χ0) is 13.5. The van der Waals surface area contributed by atoms with Gasteiger partial charge < -0.3 is 15.2 Å². The molecule has 0 aromatic carbocycles. The van der Waals surface area contributed by atoms with Gasteiger partial charge >= 0.3 is 0 Å². The molecule has 0 aliphatic carbocycles. The highest BCUT2D eigenvalue weighted by atomic mass is 16.5. The van der Waals surface area contributed by atoms with E-state index in [0.717, 1.165) is 0 Å². The number of carbonyl (C=O) groups is 1. The van der Waals surface area contributed by atoms with E-state index in [1.54, 1.807) is 13.0 Å². The number of nitrogens with one attached hydrogen (secondary N) is 2. The fourth-order valence-electron chi connectivity index (χ4n) is 1.12. The number of aryl methyl sites for hydroxylation is 1. The van der Waals surface area contributed by atoms with Crippen molar-refractivity contribution in [3.05, 3.63) is 23.6 Å². The zero-order valence-corrected chi connectivity index (χ0v) is 10.7. The van der Waals surface area contributed by atoms with Gasteiger partial charge in [0.1, 0.15) is 17.4 Å². The number of carbonyl (C=O) groups excluding carboxylic acids is 1. The molecule has 0 atom stereocenters. The van der Waals surface area contributed by atoms with E-state index in [1.165, 1.54) is 6.20 Å². The largest absolute Gasteiger partial charge is 0.360 e. The van der Waals surface area contributed by atoms with Crippen LogP contribution in [0.3, 0.4) is 0 Å². The summed E-state index contributed by atoms with van der Waals surface area (Å²) in [5.41, 5.74) is -0.00342. The van der Waals surface area contributed by atoms with Gasteiger partial charge in [0.15, 0.2) is 5.82 Å². The third-order valence-electron chi connectivity index (χ3n) is 2.03. The van der Waals surface area contributed by atoms with Gasteiger partial charge in [0.25, 0.3) is 5.91 Å². The molecule has 6 heteroatoms. The number of rotatable bonds is 5. The van der Waals surface area contributed by atoms with E-state index in [2.05, 4.69) is 15.8 Å². The lowest BCUT2D eigenvalue weighted by atomic mass is 10.2. The molecule has 96 valence electrons. The molecular weight excluding hydrogens is 232 g/mol. The lowest BCUT2D eigenvalue weighted by Gasteiger charge is -2.06. The molecule has 0 saturated carbocycles. The molecule has 1 rings (SSSR count). The van der Waals surface area contributed by atoms with Crippen LogP contribution < -0.4 is 10.6 Å². The summed E-state index contributed by atoms with van der Waals surface area (Å²) in [4.78, 5) is 11.6. The molecule has 1 aromatic rings. The van der Waals surface area contributed by atoms with Crippen molar-refractivity contribution in [3.63, 3.8) is 0 Å². The molecule has 0 aliphatic rings. The Labute approximate surface area is 106 Å². The second-order valence-corrected chi connectivity index (χ2v) is 4.24. The first kappa shape index (κ1) is 13.8. The van der Waals surface area contributed by atoms with E-state index in [0.29, 0.717) is 24.0 Å². The number of aromatic nitrogens is 1. The van der Waals surface area contributed by atoms with Gasteiger partial charge in [-0.15, -0.1) is 0 Å². The molecule has 0 saturated heterocycles. The summed E-state index contributed by atoms with van der Waals surface area (Å²) in [7, 11) is 0. The Hall–Kier alpha value is -2.29. The summed E-state index contributed by atoms with van der Waals surface area (Å²) in [5, 5.41) is 18.0. The Morgan fingerprint density at radius 3 is 2.89 bits per heavy atom. The zero-order valence-electron chi connectivity index (χ0n) is 10.7. The van der Waals surface area contributed by atoms with Crippen LogP contribution in [-0.4, -0.2) is 17.6 Å². The summed E-state index contributed by atoms with van der Waals surface area (Å²) < 4.78 is 4.84. The molecule has 1 amide bonds. The SMILES string of the molecule is Cc1cc(N/C=C(/C#N)C(=O)NCC(C)C)no1. The van der Waals surface area contributed by atoms with Crippen molar-refractivity contribution in [3.8, 4) is 6.07 Å². The lowest BCUT2D eigenvalue weighted by molar-refractivity contribution is -0.117. The molecule has 0 spiro atoms. The minimum atomic E-state index is -0.404. The number of nitrogens with zero attached hydrogens (tertiary/aromatic N) is 2. The van der Waals surface area contributed by atoms with Crippen LogP contribution in [0.1, 0.15) is 19.6 Å². The Morgan fingerprint density at radius 1 is 1.67 bits per heavy atom. The molecule has 1 heterocycles. The van der Waals surface area contributed by atoms with Crippen molar-refractivity contribution in [2.45, 2.75) is 20.8 Å². The average Bonchev–Trinajstić information content (AvgIpc) is 2.73. The Morgan fingerprint density at radius 2 is 2.39 bits per heavy atom. The number of hydrogen-bond donors (Lipinski definition) is 2. The van der Waals surface area contributed by atoms with E-state index in [1.807, 2.05) is 19.9 Å². The fraction of sp³-hybridized carbons (Fsp3) is 0.417. The summed E-state index contributed by atoms with van der Waals surface area (Å²) in [6.07, 6.45) is 1.31. The summed E-state index contributed by atoms with van der Waals surface area (Å²) in [6.45, 7) is 6.24. The van der Waals surface area contributed by atoms with Crippen LogP contribution in [0.2, 0.25) is 0 Å². The predicted octanol–water partition coefficient (Wildman–Crippen LogP) is 1.57. The number of amides is 1. The molecule has 0 bridgehead atoms. The molecule has 18 heavy (non-hydrogen) atoms. The van der Waals surface area contributed by atoms with Crippen LogP contribution in [0.5, 0.6) is 0 Å². The minimum Gasteiger partial charge on any atom is -0.360 e. The van der Waals surface area contributed by atoms with Crippen LogP contribution in [-0.2, 0) is 4.79 Å². The van der Waals surface area contributed by atoms with E-state index in [-0.39, 0.29) is 5.57 Å². The van der Waals surface area contributed by atoms with Gasteiger partial charge in [-0.05, 0) is 12.8 Å². The van der Waals surface area contributed by atoms with Gasteiger partial charge in [-0.3, -0.25) is 4.79 Å². The van der Waals surface area contributed by atoms with Gasteiger partial charge in [-0.1, -0.05) is 19.0 Å². The molecule has 0 radical (unpaired) electrons. The Kier molecular flexibility index (Phi) is 4.93. The molecule has 2 N–H and O–H groups in total. The molecule has 0 unspecified atom stereocenters. The van der Waals surface area contributed by atoms with Crippen molar-refractivity contribution in [2.75, 3.05) is 11.9 Å². The average molecular weight is 248 g/mol. The van der Waals surface area contributed by atoms with Gasteiger partial charge in [0.2, 0.25) is 0 Å². The standard InChI is InChI=1S/C12H16N4O2/c1-8(2)6-15-12(17)10(5-13)7-14-11-4-9(3)18-16-11/h4,7-8H,6H2,1-3H3,(H,14,16)(H,15,17)/b10-7-. The maximum atomic E-state index is 11.6. The second-order valence-electron chi connectivity index (χ2n) is 4.24. The molecular formula is C12H16N4O2. The van der Waals surface area contributed by atoms with Crippen LogP contribution >= 0.6 is 0 Å². The molecule has 6 nitrogen and oxygen atoms in total. The van der Waals surface area contributed by atoms with E-state index < -0.39 is 5.91 Å². The fourth-order valence-corrected chi connectivity index (χ4v) is 1.12.